The topological polar surface area (TPSA) is 49.4 Å². The van der Waals surface area contributed by atoms with Crippen LogP contribution in [0.15, 0.2) is 48.5 Å². The van der Waals surface area contributed by atoms with E-state index >= 15 is 0 Å². The van der Waals surface area contributed by atoms with Crippen LogP contribution in [0, 0.1) is 12.8 Å². The molecule has 0 bridgehead atoms. The molecule has 1 aliphatic rings. The van der Waals surface area contributed by atoms with Crippen molar-refractivity contribution < 1.29 is 9.59 Å². The largest absolute Gasteiger partial charge is 0.355 e. The molecule has 0 aromatic heterocycles. The Hall–Kier alpha value is -2.33. The molecule has 5 heteroatoms. The van der Waals surface area contributed by atoms with E-state index in [1.807, 2.05) is 6.07 Å². The number of rotatable bonds is 5. The molecule has 27 heavy (non-hydrogen) atoms. The summed E-state index contributed by atoms with van der Waals surface area (Å²) >= 11 is 6.15. The van der Waals surface area contributed by atoms with Crippen LogP contribution < -0.4 is 5.32 Å². The maximum absolute atomic E-state index is 12.7. The van der Waals surface area contributed by atoms with Gasteiger partial charge in [-0.3, -0.25) is 9.59 Å². The van der Waals surface area contributed by atoms with E-state index in [1.165, 1.54) is 11.1 Å². The number of aryl methyl sites for hydroxylation is 1. The average molecular weight is 385 g/mol. The third kappa shape index (κ3) is 5.10. The van der Waals surface area contributed by atoms with Crippen LogP contribution in [0.25, 0.3) is 0 Å². The molecule has 1 heterocycles. The van der Waals surface area contributed by atoms with Crippen LogP contribution >= 0.6 is 11.6 Å². The first-order valence-electron chi connectivity index (χ1n) is 9.41. The molecular formula is C22H25ClN2O2. The van der Waals surface area contributed by atoms with Gasteiger partial charge in [0.15, 0.2) is 0 Å². The van der Waals surface area contributed by atoms with Crippen LogP contribution in [-0.4, -0.2) is 36.3 Å². The molecule has 1 aliphatic heterocycles. The molecule has 1 fully saturated rings. The monoisotopic (exact) mass is 384 g/mol. The van der Waals surface area contributed by atoms with Gasteiger partial charge in [0.25, 0.3) is 5.91 Å². The van der Waals surface area contributed by atoms with E-state index in [0.717, 1.165) is 19.3 Å². The third-order valence-corrected chi connectivity index (χ3v) is 5.31. The van der Waals surface area contributed by atoms with Crippen LogP contribution in [0.5, 0.6) is 0 Å². The number of nitrogens with one attached hydrogen (secondary N) is 1. The highest BCUT2D eigenvalue weighted by Crippen LogP contribution is 2.22. The molecule has 1 N–H and O–H groups in total. The summed E-state index contributed by atoms with van der Waals surface area (Å²) in [6, 6.07) is 15.4. The lowest BCUT2D eigenvalue weighted by Crippen LogP contribution is -2.45. The first kappa shape index (κ1) is 19.4. The van der Waals surface area contributed by atoms with E-state index in [2.05, 4.69) is 30.4 Å². The summed E-state index contributed by atoms with van der Waals surface area (Å²) in [5.74, 6) is -0.236. The van der Waals surface area contributed by atoms with Crippen molar-refractivity contribution in [3.05, 3.63) is 70.2 Å². The minimum absolute atomic E-state index is 0.0271. The van der Waals surface area contributed by atoms with Gasteiger partial charge in [-0.15, -0.1) is 0 Å². The van der Waals surface area contributed by atoms with Gasteiger partial charge < -0.3 is 10.2 Å². The molecule has 4 nitrogen and oxygen atoms in total. The van der Waals surface area contributed by atoms with Crippen molar-refractivity contribution in [1.29, 1.82) is 0 Å². The Morgan fingerprint density at radius 1 is 1.19 bits per heavy atom. The summed E-state index contributed by atoms with van der Waals surface area (Å²) < 4.78 is 0. The van der Waals surface area contributed by atoms with Gasteiger partial charge in [0.2, 0.25) is 5.91 Å². The highest BCUT2D eigenvalue weighted by molar-refractivity contribution is 6.33. The molecule has 0 radical (unpaired) electrons. The maximum atomic E-state index is 12.7. The van der Waals surface area contributed by atoms with Crippen molar-refractivity contribution in [3.8, 4) is 0 Å². The first-order chi connectivity index (χ1) is 13.0. The van der Waals surface area contributed by atoms with E-state index < -0.39 is 0 Å². The predicted octanol–water partition coefficient (Wildman–Crippen LogP) is 3.86. The summed E-state index contributed by atoms with van der Waals surface area (Å²) in [6.07, 6.45) is 2.44. The standard InChI is InChI=1S/C22H25ClN2O2/c1-16-6-4-7-17(14-16)11-12-24-21(26)18-8-5-13-25(15-18)22(27)19-9-2-3-10-20(19)23/h2-4,6-7,9-10,14,18H,5,8,11-13,15H2,1H3,(H,24,26)/t18-/m0/s1. The number of carbonyl (C=O) groups excluding carboxylic acids is 2. The summed E-state index contributed by atoms with van der Waals surface area (Å²) in [5.41, 5.74) is 2.94. The SMILES string of the molecule is Cc1cccc(CCNC(=O)[C@H]2CCCN(C(=O)c3ccccc3Cl)C2)c1. The Labute approximate surface area is 165 Å². The average Bonchev–Trinajstić information content (AvgIpc) is 2.68. The number of hydrogen-bond donors (Lipinski definition) is 1. The van der Waals surface area contributed by atoms with Gasteiger partial charge in [-0.2, -0.15) is 0 Å². The molecular weight excluding hydrogens is 360 g/mol. The quantitative estimate of drug-likeness (QED) is 0.850. The Morgan fingerprint density at radius 2 is 2.00 bits per heavy atom. The van der Waals surface area contributed by atoms with Gasteiger partial charge in [-0.05, 0) is 43.9 Å². The second-order valence-corrected chi connectivity index (χ2v) is 7.51. The molecule has 1 saturated heterocycles. The Bertz CT molecular complexity index is 821. The number of benzene rings is 2. The first-order valence-corrected chi connectivity index (χ1v) is 9.79. The summed E-state index contributed by atoms with van der Waals surface area (Å²) in [4.78, 5) is 27.0. The van der Waals surface area contributed by atoms with E-state index in [9.17, 15) is 9.59 Å². The molecule has 0 unspecified atom stereocenters. The number of carbonyl (C=O) groups is 2. The second-order valence-electron chi connectivity index (χ2n) is 7.10. The van der Waals surface area contributed by atoms with Gasteiger partial charge in [0.05, 0.1) is 16.5 Å². The molecule has 2 aromatic rings. The van der Waals surface area contributed by atoms with Gasteiger partial charge in [0.1, 0.15) is 0 Å². The summed E-state index contributed by atoms with van der Waals surface area (Å²) in [5, 5.41) is 3.48. The molecule has 3 rings (SSSR count). The fourth-order valence-corrected chi connectivity index (χ4v) is 3.74. The number of amides is 2. The molecule has 0 aliphatic carbocycles. The minimum Gasteiger partial charge on any atom is -0.355 e. The second kappa shape index (κ2) is 9.05. The molecule has 142 valence electrons. The van der Waals surface area contributed by atoms with Crippen LogP contribution in [0.1, 0.15) is 34.3 Å². The van der Waals surface area contributed by atoms with Gasteiger partial charge in [0, 0.05) is 19.6 Å². The van der Waals surface area contributed by atoms with Gasteiger partial charge in [-0.1, -0.05) is 53.6 Å². The highest BCUT2D eigenvalue weighted by Gasteiger charge is 2.29. The van der Waals surface area contributed by atoms with E-state index in [0.29, 0.717) is 30.2 Å². The van der Waals surface area contributed by atoms with Crippen molar-refractivity contribution in [2.24, 2.45) is 5.92 Å². The van der Waals surface area contributed by atoms with E-state index in [1.54, 1.807) is 29.2 Å². The van der Waals surface area contributed by atoms with Crippen molar-refractivity contribution in [2.75, 3.05) is 19.6 Å². The zero-order valence-electron chi connectivity index (χ0n) is 15.6. The van der Waals surface area contributed by atoms with Crippen molar-refractivity contribution in [3.63, 3.8) is 0 Å². The van der Waals surface area contributed by atoms with Crippen LogP contribution in [0.4, 0.5) is 0 Å². The zero-order valence-corrected chi connectivity index (χ0v) is 16.3. The zero-order chi connectivity index (χ0) is 19.2. The number of halogens is 1. The van der Waals surface area contributed by atoms with Crippen LogP contribution in [0.3, 0.4) is 0 Å². The molecule has 2 amide bonds. The molecule has 2 aromatic carbocycles. The number of piperidine rings is 1. The molecule has 0 saturated carbocycles. The van der Waals surface area contributed by atoms with E-state index in [4.69, 9.17) is 11.6 Å². The van der Waals surface area contributed by atoms with Crippen molar-refractivity contribution in [1.82, 2.24) is 10.2 Å². The molecule has 1 atom stereocenters. The Kier molecular flexibility index (Phi) is 6.51. The fraction of sp³-hybridized carbons (Fsp3) is 0.364. The lowest BCUT2D eigenvalue weighted by Gasteiger charge is -2.32. The van der Waals surface area contributed by atoms with Crippen molar-refractivity contribution in [2.45, 2.75) is 26.2 Å². The lowest BCUT2D eigenvalue weighted by atomic mass is 9.96. The number of likely N-dealkylation sites (tertiary alicyclic amines) is 1. The predicted molar refractivity (Wildman–Crippen MR) is 108 cm³/mol. The number of nitrogens with zero attached hydrogens (tertiary/aromatic N) is 1. The minimum atomic E-state index is -0.164. The van der Waals surface area contributed by atoms with Gasteiger partial charge in [-0.25, -0.2) is 0 Å². The summed E-state index contributed by atoms with van der Waals surface area (Å²) in [6.45, 7) is 3.78. The Morgan fingerprint density at radius 3 is 2.78 bits per heavy atom. The lowest BCUT2D eigenvalue weighted by molar-refractivity contribution is -0.126. The molecule has 0 spiro atoms. The Balaban J connectivity index is 1.53. The normalized spacial score (nSPS) is 16.8. The fourth-order valence-electron chi connectivity index (χ4n) is 3.52. The number of hydrogen-bond acceptors (Lipinski definition) is 2. The van der Waals surface area contributed by atoms with Crippen molar-refractivity contribution >= 4 is 23.4 Å². The van der Waals surface area contributed by atoms with Crippen LogP contribution in [0.2, 0.25) is 5.02 Å². The smallest absolute Gasteiger partial charge is 0.255 e. The van der Waals surface area contributed by atoms with Crippen LogP contribution in [-0.2, 0) is 11.2 Å². The third-order valence-electron chi connectivity index (χ3n) is 4.98. The highest BCUT2D eigenvalue weighted by atomic mass is 35.5. The maximum Gasteiger partial charge on any atom is 0.255 e. The summed E-state index contributed by atoms with van der Waals surface area (Å²) in [7, 11) is 0. The van der Waals surface area contributed by atoms with E-state index in [-0.39, 0.29) is 17.7 Å². The van der Waals surface area contributed by atoms with Gasteiger partial charge >= 0.3 is 0 Å².